The highest BCUT2D eigenvalue weighted by atomic mass is 32.1. The fraction of sp³-hybridized carbons (Fsp3) is 0.158. The van der Waals surface area contributed by atoms with Crippen LogP contribution in [0.5, 0.6) is 0 Å². The molecule has 1 aromatic heterocycles. The Morgan fingerprint density at radius 2 is 2.07 bits per heavy atom. The number of rotatable bonds is 5. The smallest absolute Gasteiger partial charge is 0.325 e. The van der Waals surface area contributed by atoms with E-state index in [0.717, 1.165) is 10.9 Å². The van der Waals surface area contributed by atoms with E-state index in [4.69, 9.17) is 17.0 Å². The van der Waals surface area contributed by atoms with Gasteiger partial charge in [-0.3, -0.25) is 24.6 Å². The van der Waals surface area contributed by atoms with Gasteiger partial charge in [0, 0.05) is 29.2 Å². The predicted octanol–water partition coefficient (Wildman–Crippen LogP) is 1.63. The summed E-state index contributed by atoms with van der Waals surface area (Å²) in [6, 6.07) is 7.39. The van der Waals surface area contributed by atoms with Crippen LogP contribution in [0.3, 0.4) is 0 Å². The molecular weight excluding hydrogens is 366 g/mol. The summed E-state index contributed by atoms with van der Waals surface area (Å²) in [4.78, 5) is 37.9. The SMILES string of the molecule is C=CCN1C(=O)/C(=C/c2cn(CC(=O)OC)c3ccccc23)C(=O)NC1=S. The molecule has 2 aromatic rings. The maximum absolute atomic E-state index is 12.7. The first kappa shape index (κ1) is 18.5. The zero-order chi connectivity index (χ0) is 19.6. The largest absolute Gasteiger partial charge is 0.468 e. The number of fused-ring (bicyclic) bond motifs is 1. The fourth-order valence-corrected chi connectivity index (χ4v) is 3.12. The number of amides is 2. The van der Waals surface area contributed by atoms with Crippen molar-refractivity contribution in [2.75, 3.05) is 13.7 Å². The van der Waals surface area contributed by atoms with Crippen LogP contribution in [0, 0.1) is 0 Å². The molecule has 8 heteroatoms. The van der Waals surface area contributed by atoms with Crippen molar-refractivity contribution in [2.45, 2.75) is 6.54 Å². The monoisotopic (exact) mass is 383 g/mol. The Labute approximate surface area is 160 Å². The second kappa shape index (κ2) is 7.55. The number of aromatic nitrogens is 1. The second-order valence-corrected chi connectivity index (χ2v) is 6.21. The molecule has 0 spiro atoms. The van der Waals surface area contributed by atoms with Gasteiger partial charge in [0.25, 0.3) is 11.8 Å². The predicted molar refractivity (Wildman–Crippen MR) is 105 cm³/mol. The van der Waals surface area contributed by atoms with Crippen LogP contribution in [-0.4, -0.2) is 46.0 Å². The Kier molecular flexibility index (Phi) is 5.18. The number of methoxy groups -OCH3 is 1. The van der Waals surface area contributed by atoms with E-state index < -0.39 is 17.8 Å². The molecule has 1 fully saturated rings. The number of ether oxygens (including phenoxy) is 1. The molecule has 1 N–H and O–H groups in total. The van der Waals surface area contributed by atoms with Crippen molar-refractivity contribution < 1.29 is 19.1 Å². The highest BCUT2D eigenvalue weighted by Gasteiger charge is 2.32. The molecule has 0 aliphatic carbocycles. The summed E-state index contributed by atoms with van der Waals surface area (Å²) in [5, 5.41) is 3.37. The molecule has 1 aliphatic heterocycles. The number of nitrogens with one attached hydrogen (secondary N) is 1. The van der Waals surface area contributed by atoms with Gasteiger partial charge < -0.3 is 9.30 Å². The molecule has 0 bridgehead atoms. The maximum Gasteiger partial charge on any atom is 0.325 e. The van der Waals surface area contributed by atoms with Crippen LogP contribution in [0.1, 0.15) is 5.56 Å². The van der Waals surface area contributed by atoms with Gasteiger partial charge in [0.1, 0.15) is 12.1 Å². The van der Waals surface area contributed by atoms with Crippen molar-refractivity contribution >= 4 is 52.1 Å². The first-order chi connectivity index (χ1) is 13.0. The van der Waals surface area contributed by atoms with E-state index in [2.05, 4.69) is 11.9 Å². The summed E-state index contributed by atoms with van der Waals surface area (Å²) in [5.74, 6) is -1.45. The Balaban J connectivity index is 2.08. The minimum atomic E-state index is -0.560. The summed E-state index contributed by atoms with van der Waals surface area (Å²) in [6.45, 7) is 3.81. The number of carbonyl (C=O) groups is 3. The summed E-state index contributed by atoms with van der Waals surface area (Å²) >= 11 is 5.05. The number of hydrogen-bond donors (Lipinski definition) is 1. The lowest BCUT2D eigenvalue weighted by molar-refractivity contribution is -0.141. The lowest BCUT2D eigenvalue weighted by Gasteiger charge is -2.27. The zero-order valence-corrected chi connectivity index (χ0v) is 15.4. The van der Waals surface area contributed by atoms with Crippen LogP contribution in [0.25, 0.3) is 17.0 Å². The molecule has 1 aromatic carbocycles. The molecule has 0 atom stereocenters. The van der Waals surface area contributed by atoms with Crippen molar-refractivity contribution in [1.82, 2.24) is 14.8 Å². The first-order valence-corrected chi connectivity index (χ1v) is 8.51. The van der Waals surface area contributed by atoms with Crippen LogP contribution in [0.4, 0.5) is 0 Å². The number of thiocarbonyl (C=S) groups is 1. The molecule has 27 heavy (non-hydrogen) atoms. The van der Waals surface area contributed by atoms with Gasteiger partial charge in [-0.15, -0.1) is 6.58 Å². The van der Waals surface area contributed by atoms with Crippen LogP contribution in [0.2, 0.25) is 0 Å². The summed E-state index contributed by atoms with van der Waals surface area (Å²) in [6.07, 6.45) is 4.74. The van der Waals surface area contributed by atoms with Gasteiger partial charge in [-0.25, -0.2) is 0 Å². The molecule has 0 unspecified atom stereocenters. The topological polar surface area (TPSA) is 80.6 Å². The van der Waals surface area contributed by atoms with E-state index in [1.165, 1.54) is 24.2 Å². The Hall–Kier alpha value is -3.26. The van der Waals surface area contributed by atoms with Crippen molar-refractivity contribution in [3.8, 4) is 0 Å². The highest BCUT2D eigenvalue weighted by molar-refractivity contribution is 7.80. The van der Waals surface area contributed by atoms with Crippen LogP contribution < -0.4 is 5.32 Å². The third kappa shape index (κ3) is 3.52. The summed E-state index contributed by atoms with van der Waals surface area (Å²) in [7, 11) is 1.32. The zero-order valence-electron chi connectivity index (χ0n) is 14.6. The highest BCUT2D eigenvalue weighted by Crippen LogP contribution is 2.25. The Morgan fingerprint density at radius 3 is 2.78 bits per heavy atom. The minimum absolute atomic E-state index is 0.0208. The van der Waals surface area contributed by atoms with Crippen molar-refractivity contribution in [3.63, 3.8) is 0 Å². The van der Waals surface area contributed by atoms with Crippen molar-refractivity contribution in [3.05, 3.63) is 54.3 Å². The van der Waals surface area contributed by atoms with Crippen molar-refractivity contribution in [2.24, 2.45) is 0 Å². The molecule has 0 radical (unpaired) electrons. The number of benzene rings is 1. The Morgan fingerprint density at radius 1 is 1.33 bits per heavy atom. The quantitative estimate of drug-likeness (QED) is 0.279. The molecular formula is C19H17N3O4S. The molecule has 2 amide bonds. The maximum atomic E-state index is 12.7. The minimum Gasteiger partial charge on any atom is -0.468 e. The number of carbonyl (C=O) groups excluding carboxylic acids is 3. The molecule has 2 heterocycles. The fourth-order valence-electron chi connectivity index (χ4n) is 2.87. The number of esters is 1. The standard InChI is InChI=1S/C19H17N3O4S/c1-3-8-22-18(25)14(17(24)20-19(22)27)9-12-10-21(11-16(23)26-2)15-7-5-4-6-13(12)15/h3-7,9-10H,1,8,11H2,2H3,(H,20,24,27)/b14-9+. The summed E-state index contributed by atoms with van der Waals surface area (Å²) < 4.78 is 6.44. The Bertz CT molecular complexity index is 1010. The van der Waals surface area contributed by atoms with Gasteiger partial charge in [0.2, 0.25) is 0 Å². The lowest BCUT2D eigenvalue weighted by Crippen LogP contribution is -2.53. The normalized spacial score (nSPS) is 16.0. The van der Waals surface area contributed by atoms with E-state index in [9.17, 15) is 14.4 Å². The van der Waals surface area contributed by atoms with Gasteiger partial charge in [-0.2, -0.15) is 0 Å². The summed E-state index contributed by atoms with van der Waals surface area (Å²) in [5.41, 5.74) is 1.39. The van der Waals surface area contributed by atoms with E-state index >= 15 is 0 Å². The number of hydrogen-bond acceptors (Lipinski definition) is 5. The van der Waals surface area contributed by atoms with E-state index in [1.54, 1.807) is 10.8 Å². The molecule has 3 rings (SSSR count). The molecule has 138 valence electrons. The molecule has 1 aliphatic rings. The van der Waals surface area contributed by atoms with Gasteiger partial charge >= 0.3 is 5.97 Å². The van der Waals surface area contributed by atoms with E-state index in [-0.39, 0.29) is 23.8 Å². The average Bonchev–Trinajstić information content (AvgIpc) is 2.99. The number of para-hydroxylation sites is 1. The van der Waals surface area contributed by atoms with Crippen LogP contribution in [0.15, 0.2) is 48.7 Å². The van der Waals surface area contributed by atoms with Crippen LogP contribution in [-0.2, 0) is 25.7 Å². The molecule has 1 saturated heterocycles. The second-order valence-electron chi connectivity index (χ2n) is 5.83. The lowest BCUT2D eigenvalue weighted by atomic mass is 10.1. The number of nitrogens with zero attached hydrogens (tertiary/aromatic N) is 2. The van der Waals surface area contributed by atoms with E-state index in [0.29, 0.717) is 5.56 Å². The first-order valence-electron chi connectivity index (χ1n) is 8.10. The van der Waals surface area contributed by atoms with Gasteiger partial charge in [-0.05, 0) is 24.4 Å². The third-order valence-electron chi connectivity index (χ3n) is 4.14. The van der Waals surface area contributed by atoms with Crippen LogP contribution >= 0.6 is 12.2 Å². The average molecular weight is 383 g/mol. The van der Waals surface area contributed by atoms with Gasteiger partial charge in [0.05, 0.1) is 7.11 Å². The van der Waals surface area contributed by atoms with Gasteiger partial charge in [-0.1, -0.05) is 24.3 Å². The van der Waals surface area contributed by atoms with Gasteiger partial charge in [0.15, 0.2) is 5.11 Å². The third-order valence-corrected chi connectivity index (χ3v) is 4.47. The molecule has 0 saturated carbocycles. The molecule has 7 nitrogen and oxygen atoms in total. The van der Waals surface area contributed by atoms with E-state index in [1.807, 2.05) is 24.3 Å². The van der Waals surface area contributed by atoms with Crippen molar-refractivity contribution in [1.29, 1.82) is 0 Å².